The molecule has 0 aliphatic heterocycles. The van der Waals surface area contributed by atoms with E-state index in [1.54, 1.807) is 0 Å². The van der Waals surface area contributed by atoms with E-state index in [9.17, 15) is 9.59 Å². The van der Waals surface area contributed by atoms with Crippen molar-refractivity contribution in [1.29, 1.82) is 0 Å². The fourth-order valence-electron chi connectivity index (χ4n) is 4.36. The zero-order valence-electron chi connectivity index (χ0n) is 17.9. The Labute approximate surface area is 170 Å². The lowest BCUT2D eigenvalue weighted by atomic mass is 9.74. The van der Waals surface area contributed by atoms with Crippen molar-refractivity contribution in [3.05, 3.63) is 24.3 Å². The van der Waals surface area contributed by atoms with Crippen molar-refractivity contribution in [1.82, 2.24) is 5.32 Å². The number of hydrogen-bond acceptors (Lipinski definition) is 2. The maximum Gasteiger partial charge on any atom is 0.319 e. The van der Waals surface area contributed by atoms with Gasteiger partial charge in [0.15, 0.2) is 0 Å². The van der Waals surface area contributed by atoms with Gasteiger partial charge in [0.05, 0.1) is 0 Å². The summed E-state index contributed by atoms with van der Waals surface area (Å²) in [7, 11) is 0. The minimum Gasteiger partial charge on any atom is -0.335 e. The number of carbonyl (C=O) groups excluding carboxylic acids is 2. The quantitative estimate of drug-likeness (QED) is 0.528. The van der Waals surface area contributed by atoms with E-state index in [-0.39, 0.29) is 23.9 Å². The molecule has 2 rings (SSSR count). The molecule has 5 heteroatoms. The second-order valence-electron chi connectivity index (χ2n) is 8.15. The van der Waals surface area contributed by atoms with Crippen molar-refractivity contribution in [2.24, 2.45) is 17.8 Å². The van der Waals surface area contributed by atoms with Gasteiger partial charge in [-0.25, -0.2) is 4.79 Å². The number of nitrogens with one attached hydrogen (secondary N) is 3. The molecule has 156 valence electrons. The molecular formula is C23H37N3O2. The first kappa shape index (κ1) is 22.3. The number of anilines is 2. The van der Waals surface area contributed by atoms with E-state index in [1.165, 1.54) is 19.3 Å². The highest BCUT2D eigenvalue weighted by atomic mass is 16.2. The predicted octanol–water partition coefficient (Wildman–Crippen LogP) is 5.79. The van der Waals surface area contributed by atoms with Gasteiger partial charge in [-0.3, -0.25) is 4.79 Å². The van der Waals surface area contributed by atoms with Crippen LogP contribution in [0.3, 0.4) is 0 Å². The van der Waals surface area contributed by atoms with Crippen LogP contribution in [0, 0.1) is 17.8 Å². The molecule has 1 aliphatic rings. The molecule has 3 N–H and O–H groups in total. The minimum absolute atomic E-state index is 0.0160. The molecule has 3 unspecified atom stereocenters. The van der Waals surface area contributed by atoms with Gasteiger partial charge in [0.1, 0.15) is 0 Å². The molecule has 5 nitrogen and oxygen atoms in total. The van der Waals surface area contributed by atoms with E-state index in [4.69, 9.17) is 0 Å². The smallest absolute Gasteiger partial charge is 0.319 e. The number of rotatable bonds is 8. The van der Waals surface area contributed by atoms with Gasteiger partial charge in [0.2, 0.25) is 5.91 Å². The Morgan fingerprint density at radius 2 is 1.64 bits per heavy atom. The first-order valence-electron chi connectivity index (χ1n) is 11.0. The van der Waals surface area contributed by atoms with Gasteiger partial charge in [0, 0.05) is 23.3 Å². The molecule has 1 aromatic carbocycles. The average molecular weight is 388 g/mol. The molecule has 0 saturated heterocycles. The molecule has 3 atom stereocenters. The molecule has 1 aliphatic carbocycles. The maximum atomic E-state index is 12.6. The van der Waals surface area contributed by atoms with Gasteiger partial charge < -0.3 is 16.0 Å². The highest BCUT2D eigenvalue weighted by molar-refractivity contribution is 5.94. The topological polar surface area (TPSA) is 70.2 Å². The fourth-order valence-corrected chi connectivity index (χ4v) is 4.36. The molecule has 0 bridgehead atoms. The predicted molar refractivity (Wildman–Crippen MR) is 116 cm³/mol. The lowest BCUT2D eigenvalue weighted by Gasteiger charge is -2.38. The lowest BCUT2D eigenvalue weighted by molar-refractivity contribution is -0.119. The molecule has 1 saturated carbocycles. The second-order valence-corrected chi connectivity index (χ2v) is 8.15. The van der Waals surface area contributed by atoms with Crippen LogP contribution in [-0.4, -0.2) is 18.0 Å². The SMILES string of the molecule is CCCC(C)C(=O)Nc1cccc(NC(=O)NC2C(CC)CCCC2CC)c1. The molecular weight excluding hydrogens is 350 g/mol. The molecule has 1 fully saturated rings. The molecule has 0 heterocycles. The highest BCUT2D eigenvalue weighted by Gasteiger charge is 2.32. The monoisotopic (exact) mass is 387 g/mol. The van der Waals surface area contributed by atoms with Crippen LogP contribution in [0.4, 0.5) is 16.2 Å². The number of amides is 3. The van der Waals surface area contributed by atoms with Gasteiger partial charge in [0.25, 0.3) is 0 Å². The Morgan fingerprint density at radius 1 is 1.04 bits per heavy atom. The standard InChI is InChI=1S/C23H37N3O2/c1-5-10-16(4)22(27)24-19-13-9-14-20(15-19)25-23(28)26-21-17(6-2)11-8-12-18(21)7-3/h9,13-18,21H,5-8,10-12H2,1-4H3,(H,24,27)(H2,25,26,28). The molecule has 28 heavy (non-hydrogen) atoms. The summed E-state index contributed by atoms with van der Waals surface area (Å²) in [5.41, 5.74) is 1.40. The van der Waals surface area contributed by atoms with Crippen LogP contribution in [0.2, 0.25) is 0 Å². The van der Waals surface area contributed by atoms with Gasteiger partial charge in [-0.05, 0) is 49.3 Å². The van der Waals surface area contributed by atoms with Crippen molar-refractivity contribution in [2.45, 2.75) is 78.7 Å². The van der Waals surface area contributed by atoms with Crippen molar-refractivity contribution in [3.63, 3.8) is 0 Å². The van der Waals surface area contributed by atoms with E-state index < -0.39 is 0 Å². The van der Waals surface area contributed by atoms with Gasteiger partial charge in [-0.1, -0.05) is 59.4 Å². The van der Waals surface area contributed by atoms with E-state index in [0.717, 1.165) is 25.7 Å². The zero-order valence-corrected chi connectivity index (χ0v) is 17.9. The number of hydrogen-bond donors (Lipinski definition) is 3. The number of carbonyl (C=O) groups is 2. The molecule has 0 radical (unpaired) electrons. The van der Waals surface area contributed by atoms with Crippen molar-refractivity contribution < 1.29 is 9.59 Å². The van der Waals surface area contributed by atoms with Crippen LogP contribution in [0.25, 0.3) is 0 Å². The summed E-state index contributed by atoms with van der Waals surface area (Å²) >= 11 is 0. The van der Waals surface area contributed by atoms with Crippen LogP contribution in [-0.2, 0) is 4.79 Å². The summed E-state index contributed by atoms with van der Waals surface area (Å²) in [6.45, 7) is 8.43. The van der Waals surface area contributed by atoms with E-state index in [2.05, 4.69) is 36.7 Å². The highest BCUT2D eigenvalue weighted by Crippen LogP contribution is 2.33. The number of benzene rings is 1. The van der Waals surface area contributed by atoms with E-state index in [0.29, 0.717) is 23.2 Å². The van der Waals surface area contributed by atoms with Crippen LogP contribution in [0.5, 0.6) is 0 Å². The largest absolute Gasteiger partial charge is 0.335 e. The van der Waals surface area contributed by atoms with Crippen LogP contribution >= 0.6 is 0 Å². The van der Waals surface area contributed by atoms with Crippen LogP contribution in [0.15, 0.2) is 24.3 Å². The Hall–Kier alpha value is -2.04. The number of urea groups is 1. The molecule has 0 spiro atoms. The van der Waals surface area contributed by atoms with Crippen LogP contribution < -0.4 is 16.0 Å². The van der Waals surface area contributed by atoms with E-state index in [1.807, 2.05) is 31.2 Å². The van der Waals surface area contributed by atoms with Crippen molar-refractivity contribution in [2.75, 3.05) is 10.6 Å². The van der Waals surface area contributed by atoms with Crippen molar-refractivity contribution in [3.8, 4) is 0 Å². The normalized spacial score (nSPS) is 22.9. The summed E-state index contributed by atoms with van der Waals surface area (Å²) in [5.74, 6) is 1.10. The maximum absolute atomic E-state index is 12.6. The average Bonchev–Trinajstić information content (AvgIpc) is 2.68. The lowest BCUT2D eigenvalue weighted by Crippen LogP contribution is -2.48. The molecule has 1 aromatic rings. The summed E-state index contributed by atoms with van der Waals surface area (Å²) in [6, 6.07) is 7.43. The Bertz CT molecular complexity index is 634. The third-order valence-corrected chi connectivity index (χ3v) is 6.07. The van der Waals surface area contributed by atoms with Crippen molar-refractivity contribution >= 4 is 23.3 Å². The first-order chi connectivity index (χ1) is 13.5. The molecule has 3 amide bonds. The minimum atomic E-state index is -0.161. The third-order valence-electron chi connectivity index (χ3n) is 6.07. The Kier molecular flexibility index (Phi) is 8.81. The van der Waals surface area contributed by atoms with E-state index >= 15 is 0 Å². The van der Waals surface area contributed by atoms with Gasteiger partial charge in [-0.15, -0.1) is 0 Å². The summed E-state index contributed by atoms with van der Waals surface area (Å²) in [5, 5.41) is 9.12. The summed E-state index contributed by atoms with van der Waals surface area (Å²) in [6.07, 6.45) is 7.68. The zero-order chi connectivity index (χ0) is 20.5. The third kappa shape index (κ3) is 6.25. The van der Waals surface area contributed by atoms with Gasteiger partial charge >= 0.3 is 6.03 Å². The first-order valence-corrected chi connectivity index (χ1v) is 11.0. The summed E-state index contributed by atoms with van der Waals surface area (Å²) < 4.78 is 0. The fraction of sp³-hybridized carbons (Fsp3) is 0.652. The van der Waals surface area contributed by atoms with Crippen LogP contribution in [0.1, 0.15) is 72.6 Å². The Morgan fingerprint density at radius 3 is 2.21 bits per heavy atom. The Balaban J connectivity index is 1.97. The molecule has 0 aromatic heterocycles. The van der Waals surface area contributed by atoms with Gasteiger partial charge in [-0.2, -0.15) is 0 Å². The summed E-state index contributed by atoms with van der Waals surface area (Å²) in [4.78, 5) is 24.8. The second kappa shape index (κ2) is 11.1.